The maximum Gasteiger partial charge on any atom is 0.311 e. The summed E-state index contributed by atoms with van der Waals surface area (Å²) in [5.74, 6) is 0.750. The van der Waals surface area contributed by atoms with Gasteiger partial charge in [-0.1, -0.05) is 54.6 Å². The molecule has 0 radical (unpaired) electrons. The molecule has 1 amide bonds. The van der Waals surface area contributed by atoms with Gasteiger partial charge in [-0.25, -0.2) is 5.01 Å². The van der Waals surface area contributed by atoms with E-state index in [0.29, 0.717) is 12.3 Å². The van der Waals surface area contributed by atoms with Crippen molar-refractivity contribution in [3.63, 3.8) is 0 Å². The molecule has 0 saturated heterocycles. The number of rotatable bonds is 4. The first kappa shape index (κ1) is 22.0. The van der Waals surface area contributed by atoms with E-state index in [9.17, 15) is 9.90 Å². The normalized spacial score (nSPS) is 18.9. The number of phenolic OH excluding ortho intramolecular Hbond substituents is 1. The number of amidine groups is 1. The van der Waals surface area contributed by atoms with Gasteiger partial charge in [0.05, 0.1) is 16.7 Å². The molecule has 7 heteroatoms. The molecule has 6 nitrogen and oxygen atoms in total. The van der Waals surface area contributed by atoms with Crippen LogP contribution in [0.4, 0.5) is 10.5 Å². The van der Waals surface area contributed by atoms with E-state index in [2.05, 4.69) is 46.3 Å². The van der Waals surface area contributed by atoms with E-state index in [4.69, 9.17) is 5.10 Å². The summed E-state index contributed by atoms with van der Waals surface area (Å²) in [6.45, 7) is 0. The van der Waals surface area contributed by atoms with Crippen molar-refractivity contribution in [2.24, 2.45) is 10.1 Å². The summed E-state index contributed by atoms with van der Waals surface area (Å²) in [5.41, 5.74) is 5.12. The number of carbonyl (C=O) groups is 1. The first-order chi connectivity index (χ1) is 16.5. The maximum absolute atomic E-state index is 12.4. The number of hydrogen-bond donors (Lipinski definition) is 1. The zero-order chi connectivity index (χ0) is 23.7. The van der Waals surface area contributed by atoms with Gasteiger partial charge >= 0.3 is 5.24 Å². The molecule has 2 aliphatic rings. The number of amides is 1. The van der Waals surface area contributed by atoms with Crippen LogP contribution >= 0.6 is 11.8 Å². The van der Waals surface area contributed by atoms with E-state index in [1.54, 1.807) is 12.1 Å². The van der Waals surface area contributed by atoms with Gasteiger partial charge in [0, 0.05) is 26.2 Å². The van der Waals surface area contributed by atoms with Gasteiger partial charge in [-0.2, -0.15) is 10.1 Å². The van der Waals surface area contributed by atoms with Gasteiger partial charge in [-0.05, 0) is 58.8 Å². The zero-order valence-corrected chi connectivity index (χ0v) is 19.7. The highest BCUT2D eigenvalue weighted by molar-refractivity contribution is 8.18. The molecule has 0 bridgehead atoms. The minimum atomic E-state index is -0.259. The Labute approximate surface area is 202 Å². The molecule has 0 aliphatic carbocycles. The van der Waals surface area contributed by atoms with Crippen molar-refractivity contribution in [3.05, 3.63) is 100 Å². The van der Waals surface area contributed by atoms with Gasteiger partial charge in [-0.15, -0.1) is 0 Å². The van der Waals surface area contributed by atoms with Crippen molar-refractivity contribution in [1.82, 2.24) is 5.01 Å². The predicted molar refractivity (Wildman–Crippen MR) is 139 cm³/mol. The summed E-state index contributed by atoms with van der Waals surface area (Å²) in [6.07, 6.45) is 2.62. The van der Waals surface area contributed by atoms with Crippen LogP contribution in [0.3, 0.4) is 0 Å². The lowest BCUT2D eigenvalue weighted by Gasteiger charge is -2.24. The van der Waals surface area contributed by atoms with Gasteiger partial charge in [0.25, 0.3) is 0 Å². The highest BCUT2D eigenvalue weighted by Crippen LogP contribution is 2.40. The Bertz CT molecular complexity index is 1300. The fraction of sp³-hybridized carbons (Fsp3) is 0.148. The van der Waals surface area contributed by atoms with Crippen LogP contribution in [-0.2, 0) is 0 Å². The molecule has 0 saturated carbocycles. The Morgan fingerprint density at radius 2 is 1.71 bits per heavy atom. The number of nitrogens with zero attached hydrogens (tertiary/aromatic N) is 4. The Morgan fingerprint density at radius 1 is 1.00 bits per heavy atom. The monoisotopic (exact) mass is 468 g/mol. The van der Waals surface area contributed by atoms with E-state index in [1.807, 2.05) is 55.5 Å². The molecule has 3 aromatic rings. The molecular formula is C27H24N4O2S. The Balaban J connectivity index is 1.55. The number of hydrazone groups is 1. The number of benzene rings is 3. The van der Waals surface area contributed by atoms with Crippen LogP contribution in [0.25, 0.3) is 6.08 Å². The summed E-state index contributed by atoms with van der Waals surface area (Å²) in [5, 5.41) is 16.2. The van der Waals surface area contributed by atoms with Gasteiger partial charge in [-0.3, -0.25) is 4.79 Å². The summed E-state index contributed by atoms with van der Waals surface area (Å²) in [4.78, 5) is 19.5. The second-order valence-corrected chi connectivity index (χ2v) is 9.36. The molecule has 170 valence electrons. The van der Waals surface area contributed by atoms with Crippen LogP contribution in [0.15, 0.2) is 93.9 Å². The van der Waals surface area contributed by atoms with Gasteiger partial charge in [0.2, 0.25) is 0 Å². The average molecular weight is 469 g/mol. The number of aromatic hydroxyl groups is 1. The van der Waals surface area contributed by atoms with E-state index >= 15 is 0 Å². The van der Waals surface area contributed by atoms with Crippen LogP contribution in [0, 0.1) is 0 Å². The number of phenols is 1. The molecule has 1 atom stereocenters. The smallest absolute Gasteiger partial charge is 0.311 e. The lowest BCUT2D eigenvalue weighted by atomic mass is 9.98. The Kier molecular flexibility index (Phi) is 5.94. The molecule has 2 aliphatic heterocycles. The molecule has 0 aromatic heterocycles. The van der Waals surface area contributed by atoms with E-state index < -0.39 is 0 Å². The fourth-order valence-corrected chi connectivity index (χ4v) is 4.79. The number of thioether (sulfide) groups is 1. The minimum absolute atomic E-state index is 0.0834. The van der Waals surface area contributed by atoms with Crippen molar-refractivity contribution in [2.45, 2.75) is 12.5 Å². The average Bonchev–Trinajstić information content (AvgIpc) is 3.44. The van der Waals surface area contributed by atoms with Crippen molar-refractivity contribution in [1.29, 1.82) is 0 Å². The number of carbonyl (C=O) groups excluding carboxylic acids is 1. The molecule has 3 aromatic carbocycles. The van der Waals surface area contributed by atoms with Crippen molar-refractivity contribution in [3.8, 4) is 5.75 Å². The summed E-state index contributed by atoms with van der Waals surface area (Å²) >= 11 is 1.10. The van der Waals surface area contributed by atoms with Crippen molar-refractivity contribution >= 4 is 40.3 Å². The molecule has 1 unspecified atom stereocenters. The van der Waals surface area contributed by atoms with Gasteiger partial charge in [0.15, 0.2) is 5.84 Å². The lowest BCUT2D eigenvalue weighted by molar-refractivity contribution is 0.267. The lowest BCUT2D eigenvalue weighted by Crippen LogP contribution is -2.26. The summed E-state index contributed by atoms with van der Waals surface area (Å²) in [6, 6.07) is 25.3. The van der Waals surface area contributed by atoms with Crippen molar-refractivity contribution < 1.29 is 9.90 Å². The molecule has 0 fully saturated rings. The highest BCUT2D eigenvalue weighted by atomic mass is 32.2. The third-order valence-electron chi connectivity index (χ3n) is 5.83. The number of hydrogen-bond acceptors (Lipinski definition) is 6. The van der Waals surface area contributed by atoms with Crippen LogP contribution in [0.1, 0.15) is 29.2 Å². The fourth-order valence-electron chi connectivity index (χ4n) is 4.05. The minimum Gasteiger partial charge on any atom is -0.508 e. The van der Waals surface area contributed by atoms with Gasteiger partial charge < -0.3 is 10.0 Å². The van der Waals surface area contributed by atoms with Crippen LogP contribution in [0.2, 0.25) is 0 Å². The van der Waals surface area contributed by atoms with E-state index in [1.165, 1.54) is 0 Å². The molecular weight excluding hydrogens is 444 g/mol. The van der Waals surface area contributed by atoms with Crippen LogP contribution < -0.4 is 4.90 Å². The number of anilines is 1. The molecule has 34 heavy (non-hydrogen) atoms. The van der Waals surface area contributed by atoms with Gasteiger partial charge in [0.1, 0.15) is 5.75 Å². The number of aliphatic imine (C=N–C) groups is 1. The Morgan fingerprint density at radius 3 is 2.38 bits per heavy atom. The topological polar surface area (TPSA) is 68.5 Å². The Hall–Kier alpha value is -3.84. The first-order valence-corrected chi connectivity index (χ1v) is 11.8. The quantitative estimate of drug-likeness (QED) is 0.515. The summed E-state index contributed by atoms with van der Waals surface area (Å²) < 4.78 is 0. The SMILES string of the molecule is CN(C)c1ccc(C2CC(c3ccccc3)=NN2C2=NC(=O)S/C2=C\c2ccc(O)cc2)cc1. The predicted octanol–water partition coefficient (Wildman–Crippen LogP) is 5.92. The third kappa shape index (κ3) is 4.47. The van der Waals surface area contributed by atoms with E-state index in [-0.39, 0.29) is 17.0 Å². The maximum atomic E-state index is 12.4. The molecule has 2 heterocycles. The second kappa shape index (κ2) is 9.19. The standard InChI is InChI=1S/C27H24N4O2S/c1-30(2)21-12-10-20(11-13-21)24-17-23(19-6-4-3-5-7-19)29-31(24)26-25(34-27(33)28-26)16-18-8-14-22(32)15-9-18/h3-16,24,32H,17H2,1-2H3/b25-16-. The van der Waals surface area contributed by atoms with Crippen LogP contribution in [-0.4, -0.2) is 41.0 Å². The first-order valence-electron chi connectivity index (χ1n) is 11.0. The van der Waals surface area contributed by atoms with E-state index in [0.717, 1.165) is 44.8 Å². The molecule has 1 N–H and O–H groups in total. The molecule has 0 spiro atoms. The zero-order valence-electron chi connectivity index (χ0n) is 18.9. The molecule has 5 rings (SSSR count). The summed E-state index contributed by atoms with van der Waals surface area (Å²) in [7, 11) is 4.04. The van der Waals surface area contributed by atoms with Crippen LogP contribution in [0.5, 0.6) is 5.75 Å². The highest BCUT2D eigenvalue weighted by Gasteiger charge is 2.36. The second-order valence-electron chi connectivity index (χ2n) is 8.37. The largest absolute Gasteiger partial charge is 0.508 e. The third-order valence-corrected chi connectivity index (χ3v) is 6.62. The van der Waals surface area contributed by atoms with Crippen molar-refractivity contribution in [2.75, 3.05) is 19.0 Å².